The van der Waals surface area contributed by atoms with Gasteiger partial charge in [-0.15, -0.1) is 0 Å². The molecule has 2 aromatic rings. The maximum atomic E-state index is 12.9. The van der Waals surface area contributed by atoms with Gasteiger partial charge < -0.3 is 20.0 Å². The minimum absolute atomic E-state index is 0.0132. The van der Waals surface area contributed by atoms with Gasteiger partial charge in [-0.05, 0) is 43.0 Å². The smallest absolute Gasteiger partial charge is 0.322 e. The fourth-order valence-electron chi connectivity index (χ4n) is 4.97. The van der Waals surface area contributed by atoms with E-state index in [2.05, 4.69) is 21.3 Å². The summed E-state index contributed by atoms with van der Waals surface area (Å²) in [5.41, 5.74) is 2.58. The molecule has 0 radical (unpaired) electrons. The highest BCUT2D eigenvalue weighted by molar-refractivity contribution is 7.91. The molecule has 0 spiro atoms. The van der Waals surface area contributed by atoms with Gasteiger partial charge in [0.25, 0.3) is 5.91 Å². The molecular formula is C24H29N5O4S. The number of rotatable bonds is 3. The molecular weight excluding hydrogens is 454 g/mol. The highest BCUT2D eigenvalue weighted by Gasteiger charge is 2.31. The van der Waals surface area contributed by atoms with Crippen LogP contribution in [0.25, 0.3) is 0 Å². The van der Waals surface area contributed by atoms with Crippen molar-refractivity contribution in [3.8, 4) is 0 Å². The first-order valence-corrected chi connectivity index (χ1v) is 13.6. The lowest BCUT2D eigenvalue weighted by molar-refractivity contribution is 0.0770. The topological polar surface area (TPSA) is 103 Å². The van der Waals surface area contributed by atoms with Crippen molar-refractivity contribution in [1.29, 1.82) is 0 Å². The second-order valence-corrected chi connectivity index (χ2v) is 11.4. The Labute approximate surface area is 199 Å². The molecule has 1 aromatic heterocycles. The summed E-state index contributed by atoms with van der Waals surface area (Å²) in [6.45, 7) is 2.64. The molecule has 2 fully saturated rings. The molecule has 3 aliphatic heterocycles. The van der Waals surface area contributed by atoms with Gasteiger partial charge >= 0.3 is 6.03 Å². The molecule has 10 heteroatoms. The number of pyridine rings is 1. The quantitative estimate of drug-likeness (QED) is 0.717. The van der Waals surface area contributed by atoms with Crippen molar-refractivity contribution >= 4 is 33.3 Å². The van der Waals surface area contributed by atoms with Gasteiger partial charge in [-0.3, -0.25) is 4.79 Å². The lowest BCUT2D eigenvalue weighted by atomic mass is 10.0. The third-order valence-corrected chi connectivity index (χ3v) is 8.60. The van der Waals surface area contributed by atoms with Crippen LogP contribution >= 0.6 is 0 Å². The van der Waals surface area contributed by atoms with E-state index in [1.807, 2.05) is 23.1 Å². The maximum Gasteiger partial charge on any atom is 0.322 e. The molecule has 0 unspecified atom stereocenters. The molecule has 0 bridgehead atoms. The zero-order valence-corrected chi connectivity index (χ0v) is 19.8. The average molecular weight is 484 g/mol. The van der Waals surface area contributed by atoms with Crippen molar-refractivity contribution in [3.05, 3.63) is 53.7 Å². The number of piperidine rings is 1. The minimum Gasteiger partial charge on any atom is -0.356 e. The molecule has 1 aromatic carbocycles. The summed E-state index contributed by atoms with van der Waals surface area (Å²) in [4.78, 5) is 35.9. The third kappa shape index (κ3) is 4.72. The molecule has 3 amide bonds. The molecule has 34 heavy (non-hydrogen) atoms. The summed E-state index contributed by atoms with van der Waals surface area (Å²) in [6.07, 6.45) is 4.12. The summed E-state index contributed by atoms with van der Waals surface area (Å²) < 4.78 is 23.3. The van der Waals surface area contributed by atoms with Gasteiger partial charge in [-0.1, -0.05) is 18.2 Å². The number of hydrogen-bond acceptors (Lipinski definition) is 6. The standard InChI is InChI=1S/C24H29N5O4S/c30-23(28-13-15-34(32,33)16-14-28)19-5-9-25-22(17-19)27-10-7-20(8-11-27)29-12-6-18-3-1-2-4-21(18)26-24(29)31/h1-5,9,17,20H,6-8,10-16H2,(H,26,31). The summed E-state index contributed by atoms with van der Waals surface area (Å²) >= 11 is 0. The van der Waals surface area contributed by atoms with Crippen LogP contribution in [-0.4, -0.2) is 85.4 Å². The second-order valence-electron chi connectivity index (χ2n) is 9.10. The van der Waals surface area contributed by atoms with Gasteiger partial charge in [0.15, 0.2) is 9.84 Å². The van der Waals surface area contributed by atoms with Gasteiger partial charge in [0.05, 0.1) is 11.5 Å². The Kier molecular flexibility index (Phi) is 6.16. The van der Waals surface area contributed by atoms with Crippen molar-refractivity contribution in [2.45, 2.75) is 25.3 Å². The molecule has 0 aliphatic carbocycles. The lowest BCUT2D eigenvalue weighted by Crippen LogP contribution is -2.49. The van der Waals surface area contributed by atoms with E-state index in [4.69, 9.17) is 0 Å². The molecule has 4 heterocycles. The first-order chi connectivity index (χ1) is 16.4. The predicted molar refractivity (Wildman–Crippen MR) is 130 cm³/mol. The number of aromatic nitrogens is 1. The number of para-hydroxylation sites is 1. The number of amides is 3. The molecule has 180 valence electrons. The van der Waals surface area contributed by atoms with Gasteiger partial charge in [0.2, 0.25) is 0 Å². The zero-order valence-electron chi connectivity index (χ0n) is 19.0. The Morgan fingerprint density at radius 3 is 2.50 bits per heavy atom. The number of carbonyl (C=O) groups excluding carboxylic acids is 2. The average Bonchev–Trinajstić information content (AvgIpc) is 3.02. The Bertz CT molecular complexity index is 1180. The fourth-order valence-corrected chi connectivity index (χ4v) is 6.17. The van der Waals surface area contributed by atoms with E-state index in [-0.39, 0.29) is 42.6 Å². The molecule has 3 aliphatic rings. The monoisotopic (exact) mass is 483 g/mol. The Balaban J connectivity index is 1.21. The number of nitrogens with one attached hydrogen (secondary N) is 1. The Hall–Kier alpha value is -3.14. The van der Waals surface area contributed by atoms with Gasteiger partial charge in [0, 0.05) is 56.2 Å². The molecule has 0 saturated carbocycles. The molecule has 1 N–H and O–H groups in total. The van der Waals surface area contributed by atoms with Crippen LogP contribution in [0, 0.1) is 0 Å². The van der Waals surface area contributed by atoms with Crippen molar-refractivity contribution in [2.75, 3.05) is 54.4 Å². The summed E-state index contributed by atoms with van der Waals surface area (Å²) in [5.74, 6) is 0.606. The van der Waals surface area contributed by atoms with E-state index >= 15 is 0 Å². The Morgan fingerprint density at radius 2 is 1.74 bits per heavy atom. The van der Waals surface area contributed by atoms with Crippen molar-refractivity contribution in [2.24, 2.45) is 0 Å². The normalized spacial score (nSPS) is 20.9. The van der Waals surface area contributed by atoms with E-state index in [1.165, 1.54) is 0 Å². The van der Waals surface area contributed by atoms with E-state index in [1.54, 1.807) is 23.2 Å². The molecule has 0 atom stereocenters. The molecule has 9 nitrogen and oxygen atoms in total. The van der Waals surface area contributed by atoms with E-state index in [9.17, 15) is 18.0 Å². The molecule has 2 saturated heterocycles. The van der Waals surface area contributed by atoms with Gasteiger partial charge in [-0.25, -0.2) is 18.2 Å². The van der Waals surface area contributed by atoms with Gasteiger partial charge in [0.1, 0.15) is 5.82 Å². The van der Waals surface area contributed by atoms with Crippen LogP contribution in [0.1, 0.15) is 28.8 Å². The number of hydrogen-bond donors (Lipinski definition) is 1. The van der Waals surface area contributed by atoms with Crippen LogP contribution in [0.2, 0.25) is 0 Å². The number of benzene rings is 1. The van der Waals surface area contributed by atoms with Crippen molar-refractivity contribution < 1.29 is 18.0 Å². The minimum atomic E-state index is -3.04. The summed E-state index contributed by atoms with van der Waals surface area (Å²) in [6, 6.07) is 11.5. The van der Waals surface area contributed by atoms with E-state index in [0.29, 0.717) is 12.1 Å². The number of urea groups is 1. The number of fused-ring (bicyclic) bond motifs is 1. The molecule has 5 rings (SSSR count). The number of nitrogens with zero attached hydrogens (tertiary/aromatic N) is 4. The SMILES string of the molecule is O=C(c1ccnc(N2CCC(N3CCc4ccccc4NC3=O)CC2)c1)N1CCS(=O)(=O)CC1. The van der Waals surface area contributed by atoms with E-state index < -0.39 is 9.84 Å². The fraction of sp³-hybridized carbons (Fsp3) is 0.458. The Morgan fingerprint density at radius 1 is 1.00 bits per heavy atom. The van der Waals surface area contributed by atoms with Crippen LogP contribution in [-0.2, 0) is 16.3 Å². The first-order valence-electron chi connectivity index (χ1n) is 11.8. The highest BCUT2D eigenvalue weighted by atomic mass is 32.2. The second kappa shape index (κ2) is 9.25. The number of carbonyl (C=O) groups is 2. The van der Waals surface area contributed by atoms with E-state index in [0.717, 1.165) is 49.4 Å². The number of sulfone groups is 1. The van der Waals surface area contributed by atoms with Gasteiger partial charge in [-0.2, -0.15) is 0 Å². The largest absolute Gasteiger partial charge is 0.356 e. The summed E-state index contributed by atoms with van der Waals surface area (Å²) in [7, 11) is -3.04. The van der Waals surface area contributed by atoms with Crippen LogP contribution in [0.4, 0.5) is 16.3 Å². The highest BCUT2D eigenvalue weighted by Crippen LogP contribution is 2.26. The zero-order chi connectivity index (χ0) is 23.7. The van der Waals surface area contributed by atoms with Crippen molar-refractivity contribution in [3.63, 3.8) is 0 Å². The van der Waals surface area contributed by atoms with Crippen LogP contribution in [0.5, 0.6) is 0 Å². The maximum absolute atomic E-state index is 12.9. The third-order valence-electron chi connectivity index (χ3n) is 7.00. The van der Waals surface area contributed by atoms with Crippen LogP contribution < -0.4 is 10.2 Å². The lowest BCUT2D eigenvalue weighted by Gasteiger charge is -2.38. The van der Waals surface area contributed by atoms with Crippen molar-refractivity contribution in [1.82, 2.24) is 14.8 Å². The first kappa shape index (κ1) is 22.6. The predicted octanol–water partition coefficient (Wildman–Crippen LogP) is 2.01. The number of anilines is 2. The van der Waals surface area contributed by atoms with Crippen LogP contribution in [0.15, 0.2) is 42.6 Å². The summed E-state index contributed by atoms with van der Waals surface area (Å²) in [5, 5.41) is 3.05. The van der Waals surface area contributed by atoms with Crippen LogP contribution in [0.3, 0.4) is 0 Å².